The molecule has 0 aromatic carbocycles. The lowest BCUT2D eigenvalue weighted by atomic mass is 9.95. The van der Waals surface area contributed by atoms with Crippen molar-refractivity contribution < 1.29 is 14.7 Å². The molecule has 1 aliphatic carbocycles. The molecule has 0 bridgehead atoms. The van der Waals surface area contributed by atoms with E-state index >= 15 is 0 Å². The number of amides is 2. The van der Waals surface area contributed by atoms with Crippen LogP contribution >= 0.6 is 0 Å². The van der Waals surface area contributed by atoms with Crippen molar-refractivity contribution in [3.8, 4) is 0 Å². The maximum atomic E-state index is 12.5. The van der Waals surface area contributed by atoms with Crippen molar-refractivity contribution in [2.24, 2.45) is 11.8 Å². The molecule has 3 rings (SSSR count). The zero-order valence-electron chi connectivity index (χ0n) is 11.4. The van der Waals surface area contributed by atoms with Crippen LogP contribution in [0.2, 0.25) is 0 Å². The van der Waals surface area contributed by atoms with Gasteiger partial charge in [-0.15, -0.1) is 0 Å². The predicted molar refractivity (Wildman–Crippen MR) is 69.2 cm³/mol. The molecule has 1 N–H and O–H groups in total. The molecule has 1 saturated carbocycles. The van der Waals surface area contributed by atoms with Gasteiger partial charge >= 0.3 is 0 Å². The minimum atomic E-state index is -0.294. The minimum absolute atomic E-state index is 0.107. The number of carbonyl (C=O) groups is 2. The van der Waals surface area contributed by atoms with Crippen LogP contribution in [0.3, 0.4) is 0 Å². The standard InChI is InChI=1S/C14H22N2O3/c1-9-7-15(5-4-12(9)17)14(19)10-6-13(18)16(8-10)11-2-3-11/h9-12,17H,2-8H2,1H3. The van der Waals surface area contributed by atoms with Gasteiger partial charge in [-0.25, -0.2) is 0 Å². The SMILES string of the molecule is CC1CN(C(=O)C2CC(=O)N(C3CC3)C2)CCC1O. The lowest BCUT2D eigenvalue weighted by Gasteiger charge is -2.35. The summed E-state index contributed by atoms with van der Waals surface area (Å²) in [5.74, 6) is 0.228. The lowest BCUT2D eigenvalue weighted by molar-refractivity contribution is -0.139. The van der Waals surface area contributed by atoms with Crippen molar-refractivity contribution in [2.75, 3.05) is 19.6 Å². The Morgan fingerprint density at radius 2 is 2.00 bits per heavy atom. The highest BCUT2D eigenvalue weighted by atomic mass is 16.3. The Balaban J connectivity index is 1.60. The molecule has 106 valence electrons. The Hall–Kier alpha value is -1.10. The number of aliphatic hydroxyl groups is 1. The van der Waals surface area contributed by atoms with Gasteiger partial charge in [0.15, 0.2) is 0 Å². The third kappa shape index (κ3) is 2.48. The summed E-state index contributed by atoms with van der Waals surface area (Å²) in [7, 11) is 0. The Morgan fingerprint density at radius 1 is 1.26 bits per heavy atom. The minimum Gasteiger partial charge on any atom is -0.393 e. The van der Waals surface area contributed by atoms with Crippen molar-refractivity contribution in [3.05, 3.63) is 0 Å². The summed E-state index contributed by atoms with van der Waals surface area (Å²) in [4.78, 5) is 28.1. The fraction of sp³-hybridized carbons (Fsp3) is 0.857. The number of likely N-dealkylation sites (tertiary alicyclic amines) is 2. The predicted octanol–water partition coefficient (Wildman–Crippen LogP) is 0.227. The lowest BCUT2D eigenvalue weighted by Crippen LogP contribution is -2.47. The summed E-state index contributed by atoms with van der Waals surface area (Å²) < 4.78 is 0. The number of rotatable bonds is 2. The van der Waals surface area contributed by atoms with Gasteiger partial charge in [-0.2, -0.15) is 0 Å². The Bertz CT molecular complexity index is 394. The highest BCUT2D eigenvalue weighted by molar-refractivity contribution is 5.89. The topological polar surface area (TPSA) is 60.9 Å². The van der Waals surface area contributed by atoms with E-state index in [4.69, 9.17) is 0 Å². The molecule has 2 amide bonds. The first-order chi connectivity index (χ1) is 9.06. The smallest absolute Gasteiger partial charge is 0.228 e. The maximum Gasteiger partial charge on any atom is 0.228 e. The van der Waals surface area contributed by atoms with Crippen molar-refractivity contribution in [1.82, 2.24) is 9.80 Å². The summed E-state index contributed by atoms with van der Waals surface area (Å²) >= 11 is 0. The fourth-order valence-electron chi connectivity index (χ4n) is 3.23. The number of aliphatic hydroxyl groups excluding tert-OH is 1. The van der Waals surface area contributed by atoms with E-state index in [1.807, 2.05) is 16.7 Å². The summed E-state index contributed by atoms with van der Waals surface area (Å²) in [6.07, 6.45) is 2.93. The van der Waals surface area contributed by atoms with Crippen molar-refractivity contribution in [2.45, 2.75) is 44.8 Å². The van der Waals surface area contributed by atoms with Crippen molar-refractivity contribution in [3.63, 3.8) is 0 Å². The van der Waals surface area contributed by atoms with Crippen LogP contribution in [0.4, 0.5) is 0 Å². The number of piperidine rings is 1. The summed E-state index contributed by atoms with van der Waals surface area (Å²) in [6, 6.07) is 0.410. The third-order valence-electron chi connectivity index (χ3n) is 4.67. The second-order valence-corrected chi connectivity index (χ2v) is 6.30. The summed E-state index contributed by atoms with van der Waals surface area (Å²) in [6.45, 7) is 3.82. The van der Waals surface area contributed by atoms with E-state index in [1.54, 1.807) is 0 Å². The van der Waals surface area contributed by atoms with Crippen LogP contribution in [-0.2, 0) is 9.59 Å². The van der Waals surface area contributed by atoms with Gasteiger partial charge in [0.25, 0.3) is 0 Å². The molecule has 5 nitrogen and oxygen atoms in total. The molecule has 3 fully saturated rings. The van der Waals surface area contributed by atoms with Gasteiger partial charge in [0.1, 0.15) is 0 Å². The van der Waals surface area contributed by atoms with E-state index in [0.29, 0.717) is 38.5 Å². The monoisotopic (exact) mass is 266 g/mol. The van der Waals surface area contributed by atoms with E-state index in [2.05, 4.69) is 0 Å². The van der Waals surface area contributed by atoms with Crippen molar-refractivity contribution >= 4 is 11.8 Å². The largest absolute Gasteiger partial charge is 0.393 e. The molecule has 0 aromatic rings. The zero-order valence-corrected chi connectivity index (χ0v) is 11.4. The van der Waals surface area contributed by atoms with Gasteiger partial charge in [-0.3, -0.25) is 9.59 Å². The van der Waals surface area contributed by atoms with Crippen LogP contribution in [-0.4, -0.2) is 58.5 Å². The average molecular weight is 266 g/mol. The molecule has 3 aliphatic rings. The highest BCUT2D eigenvalue weighted by Crippen LogP contribution is 2.33. The van der Waals surface area contributed by atoms with Gasteiger partial charge in [-0.05, 0) is 25.2 Å². The number of nitrogens with zero attached hydrogens (tertiary/aromatic N) is 2. The van der Waals surface area contributed by atoms with Crippen LogP contribution in [0.5, 0.6) is 0 Å². The van der Waals surface area contributed by atoms with Crippen molar-refractivity contribution in [1.29, 1.82) is 0 Å². The van der Waals surface area contributed by atoms with Crippen LogP contribution in [0.25, 0.3) is 0 Å². The Labute approximate surface area is 113 Å². The molecular weight excluding hydrogens is 244 g/mol. The molecule has 5 heteroatoms. The second kappa shape index (κ2) is 4.78. The van der Waals surface area contributed by atoms with Gasteiger partial charge < -0.3 is 14.9 Å². The first-order valence-electron chi connectivity index (χ1n) is 7.32. The summed E-state index contributed by atoms with van der Waals surface area (Å²) in [5, 5.41) is 9.71. The molecule has 0 aromatic heterocycles. The van der Waals surface area contributed by atoms with E-state index < -0.39 is 0 Å². The molecule has 2 saturated heterocycles. The van der Waals surface area contributed by atoms with Crippen LogP contribution in [0, 0.1) is 11.8 Å². The molecule has 3 unspecified atom stereocenters. The Kier molecular flexibility index (Phi) is 3.25. The van der Waals surface area contributed by atoms with Gasteiger partial charge in [0.2, 0.25) is 11.8 Å². The molecule has 19 heavy (non-hydrogen) atoms. The maximum absolute atomic E-state index is 12.5. The van der Waals surface area contributed by atoms with E-state index in [9.17, 15) is 14.7 Å². The third-order valence-corrected chi connectivity index (χ3v) is 4.67. The zero-order chi connectivity index (χ0) is 13.6. The van der Waals surface area contributed by atoms with Crippen LogP contribution in [0.15, 0.2) is 0 Å². The highest BCUT2D eigenvalue weighted by Gasteiger charge is 2.43. The summed E-state index contributed by atoms with van der Waals surface area (Å²) in [5.41, 5.74) is 0. The molecule has 2 heterocycles. The molecule has 3 atom stereocenters. The second-order valence-electron chi connectivity index (χ2n) is 6.30. The normalized spacial score (nSPS) is 35.9. The van der Waals surface area contributed by atoms with E-state index in [-0.39, 0.29) is 29.8 Å². The fourth-order valence-corrected chi connectivity index (χ4v) is 3.23. The Morgan fingerprint density at radius 3 is 2.63 bits per heavy atom. The van der Waals surface area contributed by atoms with E-state index in [0.717, 1.165) is 12.8 Å². The molecule has 0 radical (unpaired) electrons. The number of carbonyl (C=O) groups excluding carboxylic acids is 2. The van der Waals surface area contributed by atoms with Gasteiger partial charge in [-0.1, -0.05) is 6.92 Å². The molecule has 2 aliphatic heterocycles. The number of hydrogen-bond donors (Lipinski definition) is 1. The quantitative estimate of drug-likeness (QED) is 0.778. The van der Waals surface area contributed by atoms with E-state index in [1.165, 1.54) is 0 Å². The van der Waals surface area contributed by atoms with Crippen LogP contribution in [0.1, 0.15) is 32.6 Å². The van der Waals surface area contributed by atoms with Gasteiger partial charge in [0.05, 0.1) is 12.0 Å². The first kappa shape index (κ1) is 12.9. The van der Waals surface area contributed by atoms with Gasteiger partial charge in [0, 0.05) is 32.1 Å². The van der Waals surface area contributed by atoms with Crippen LogP contribution < -0.4 is 0 Å². The molecular formula is C14H22N2O3. The first-order valence-corrected chi connectivity index (χ1v) is 7.32. The number of hydrogen-bond acceptors (Lipinski definition) is 3. The molecule has 0 spiro atoms. The average Bonchev–Trinajstić information content (AvgIpc) is 3.15.